The van der Waals surface area contributed by atoms with Gasteiger partial charge in [0, 0.05) is 62.3 Å². The van der Waals surface area contributed by atoms with Crippen LogP contribution >= 0.6 is 23.2 Å². The number of benzene rings is 3. The van der Waals surface area contributed by atoms with Crippen LogP contribution in [0.1, 0.15) is 20.3 Å². The normalized spacial score (nSPS) is 13.9. The van der Waals surface area contributed by atoms with Gasteiger partial charge < -0.3 is 29.9 Å². The molecule has 0 atom stereocenters. The van der Waals surface area contributed by atoms with E-state index in [9.17, 15) is 4.79 Å². The summed E-state index contributed by atoms with van der Waals surface area (Å²) >= 11 is 12.9. The molecule has 3 aromatic carbocycles. The molecule has 0 bridgehead atoms. The minimum Gasteiger partial charge on any atom is -0.453 e. The molecule has 0 spiro atoms. The summed E-state index contributed by atoms with van der Waals surface area (Å²) in [5.41, 5.74) is 4.33. The number of hydrogen-bond acceptors (Lipinski definition) is 7. The van der Waals surface area contributed by atoms with Crippen LogP contribution in [0, 0.1) is 0 Å². The number of hydrogen-bond donors (Lipinski definition) is 2. The number of nitrogens with zero attached hydrogens (tertiary/aromatic N) is 4. The topological polar surface area (TPSA) is 83.9 Å². The van der Waals surface area contributed by atoms with Gasteiger partial charge in [0.2, 0.25) is 0 Å². The van der Waals surface area contributed by atoms with Crippen molar-refractivity contribution in [2.24, 2.45) is 0 Å². The second-order valence-corrected chi connectivity index (χ2v) is 11.7. The van der Waals surface area contributed by atoms with Crippen molar-refractivity contribution in [2.45, 2.75) is 32.4 Å². The molecule has 9 nitrogen and oxygen atoms in total. The van der Waals surface area contributed by atoms with Crippen molar-refractivity contribution in [3.05, 3.63) is 70.7 Å². The molecular formula is C31H36Cl2N6O3. The predicted octanol–water partition coefficient (Wildman–Crippen LogP) is 7.53. The molecule has 1 amide bonds. The number of anilines is 5. The van der Waals surface area contributed by atoms with E-state index in [1.165, 1.54) is 7.11 Å². The molecule has 5 rings (SSSR count). The number of amides is 1. The number of fused-ring (bicyclic) bond motifs is 1. The number of piperazine rings is 1. The number of para-hydroxylation sites is 1. The van der Waals surface area contributed by atoms with Crippen LogP contribution in [0.25, 0.3) is 10.9 Å². The van der Waals surface area contributed by atoms with Crippen molar-refractivity contribution in [1.29, 1.82) is 0 Å². The summed E-state index contributed by atoms with van der Waals surface area (Å²) in [6, 6.07) is 19.9. The molecule has 2 heterocycles. The molecule has 0 radical (unpaired) electrons. The zero-order valence-corrected chi connectivity index (χ0v) is 25.8. The summed E-state index contributed by atoms with van der Waals surface area (Å²) in [6.45, 7) is 7.60. The fourth-order valence-corrected chi connectivity index (χ4v) is 5.42. The first-order valence-corrected chi connectivity index (χ1v) is 14.6. The molecule has 1 aliphatic rings. The van der Waals surface area contributed by atoms with Gasteiger partial charge in [0.25, 0.3) is 0 Å². The van der Waals surface area contributed by atoms with E-state index in [0.717, 1.165) is 47.5 Å². The van der Waals surface area contributed by atoms with Crippen LogP contribution in [0.3, 0.4) is 0 Å². The Hall–Kier alpha value is -3.66. The lowest BCUT2D eigenvalue weighted by atomic mass is 10.1. The quantitative estimate of drug-likeness (QED) is 0.202. The molecule has 0 unspecified atom stereocenters. The van der Waals surface area contributed by atoms with E-state index in [4.69, 9.17) is 37.8 Å². The lowest BCUT2D eigenvalue weighted by Gasteiger charge is -2.35. The third-order valence-electron chi connectivity index (χ3n) is 7.67. The molecule has 0 aliphatic carbocycles. The fourth-order valence-electron chi connectivity index (χ4n) is 4.93. The number of carbonyl (C=O) groups excluding carboxylic acids is 1. The monoisotopic (exact) mass is 610 g/mol. The van der Waals surface area contributed by atoms with E-state index in [-0.39, 0.29) is 11.7 Å². The summed E-state index contributed by atoms with van der Waals surface area (Å²) in [7, 11) is 3.14. The van der Waals surface area contributed by atoms with Gasteiger partial charge in [-0.15, -0.1) is 0 Å². The van der Waals surface area contributed by atoms with Crippen molar-refractivity contribution >= 4 is 68.8 Å². The molecule has 222 valence electrons. The Balaban J connectivity index is 1.36. The van der Waals surface area contributed by atoms with Gasteiger partial charge in [-0.25, -0.2) is 4.79 Å². The fraction of sp³-hybridized carbons (Fsp3) is 0.355. The largest absolute Gasteiger partial charge is 0.453 e. The molecule has 4 aromatic rings. The number of rotatable bonds is 9. The van der Waals surface area contributed by atoms with Crippen molar-refractivity contribution in [2.75, 3.05) is 55.9 Å². The molecule has 1 saturated heterocycles. The predicted molar refractivity (Wildman–Crippen MR) is 171 cm³/mol. The minimum atomic E-state index is -0.290. The maximum absolute atomic E-state index is 11.8. The Morgan fingerprint density at radius 3 is 2.24 bits per heavy atom. The van der Waals surface area contributed by atoms with Gasteiger partial charge in [0.05, 0.1) is 34.0 Å². The van der Waals surface area contributed by atoms with Crippen LogP contribution < -0.4 is 15.5 Å². The highest BCUT2D eigenvalue weighted by Gasteiger charge is 2.22. The second-order valence-electron chi connectivity index (χ2n) is 10.9. The van der Waals surface area contributed by atoms with Crippen LogP contribution in [0.5, 0.6) is 0 Å². The van der Waals surface area contributed by atoms with E-state index in [1.54, 1.807) is 24.1 Å². The van der Waals surface area contributed by atoms with Gasteiger partial charge in [-0.2, -0.15) is 5.10 Å². The van der Waals surface area contributed by atoms with Gasteiger partial charge in [0.1, 0.15) is 0 Å². The Morgan fingerprint density at radius 2 is 1.60 bits per heavy atom. The highest BCUT2D eigenvalue weighted by Crippen LogP contribution is 2.36. The maximum atomic E-state index is 11.8. The van der Waals surface area contributed by atoms with E-state index in [0.29, 0.717) is 41.2 Å². The van der Waals surface area contributed by atoms with Crippen molar-refractivity contribution < 1.29 is 14.3 Å². The molecule has 1 fully saturated rings. The maximum Gasteiger partial charge on any atom is 0.409 e. The summed E-state index contributed by atoms with van der Waals surface area (Å²) in [6.07, 6.45) is 0.505. The summed E-state index contributed by atoms with van der Waals surface area (Å²) < 4.78 is 12.5. The molecule has 1 aromatic heterocycles. The molecule has 0 saturated carbocycles. The average molecular weight is 612 g/mol. The number of halogens is 2. The van der Waals surface area contributed by atoms with Crippen LogP contribution in [-0.2, 0) is 16.0 Å². The standard InChI is InChI=1S/C31H36Cl2N6O3/c1-31(2,42-4)14-15-39-27-20-22(10-13-24(27)29(36-39)35-28-25(32)6-5-7-26(28)33)34-21-8-11-23(12-9-21)37-16-18-38(19-17-37)30(40)41-3/h5-13,20,34H,14-19H2,1-4H3,(H,35,36). The van der Waals surface area contributed by atoms with E-state index in [1.807, 2.05) is 22.9 Å². The SMILES string of the molecule is COC(=O)N1CCN(c2ccc(Nc3ccc4c(Nc5c(Cl)cccc5Cl)nn(CCC(C)(C)OC)c4c3)cc2)CC1. The van der Waals surface area contributed by atoms with Gasteiger partial charge in [0.15, 0.2) is 5.82 Å². The van der Waals surface area contributed by atoms with Crippen LogP contribution in [0.4, 0.5) is 33.4 Å². The average Bonchev–Trinajstić information content (AvgIpc) is 3.34. The van der Waals surface area contributed by atoms with Crippen LogP contribution in [-0.4, -0.2) is 66.8 Å². The van der Waals surface area contributed by atoms with Crippen molar-refractivity contribution in [3.8, 4) is 0 Å². The summed E-state index contributed by atoms with van der Waals surface area (Å²) in [4.78, 5) is 15.8. The van der Waals surface area contributed by atoms with Crippen LogP contribution in [0.15, 0.2) is 60.7 Å². The molecule has 42 heavy (non-hydrogen) atoms. The number of carbonyl (C=O) groups is 1. The van der Waals surface area contributed by atoms with Gasteiger partial charge >= 0.3 is 6.09 Å². The van der Waals surface area contributed by atoms with Gasteiger partial charge in [-0.1, -0.05) is 29.3 Å². The molecular weight excluding hydrogens is 575 g/mol. The Labute approximate surface area is 256 Å². The highest BCUT2D eigenvalue weighted by atomic mass is 35.5. The Bertz CT molecular complexity index is 1530. The first-order valence-electron chi connectivity index (χ1n) is 13.9. The smallest absolute Gasteiger partial charge is 0.409 e. The summed E-state index contributed by atoms with van der Waals surface area (Å²) in [5, 5.41) is 13.8. The van der Waals surface area contributed by atoms with E-state index < -0.39 is 0 Å². The number of aryl methyl sites for hydroxylation is 1. The minimum absolute atomic E-state index is 0.273. The third kappa shape index (κ3) is 6.69. The number of ether oxygens (including phenoxy) is 2. The van der Waals surface area contributed by atoms with Crippen LogP contribution in [0.2, 0.25) is 10.0 Å². The van der Waals surface area contributed by atoms with Crippen molar-refractivity contribution in [3.63, 3.8) is 0 Å². The first kappa shape index (κ1) is 29.8. The second kappa shape index (κ2) is 12.7. The molecule has 2 N–H and O–H groups in total. The zero-order valence-electron chi connectivity index (χ0n) is 24.3. The number of nitrogens with one attached hydrogen (secondary N) is 2. The first-order chi connectivity index (χ1) is 20.2. The van der Waals surface area contributed by atoms with Gasteiger partial charge in [-0.05, 0) is 74.9 Å². The van der Waals surface area contributed by atoms with Gasteiger partial charge in [-0.3, -0.25) is 4.68 Å². The molecule has 1 aliphatic heterocycles. The number of methoxy groups -OCH3 is 2. The Kier molecular flexibility index (Phi) is 9.01. The highest BCUT2D eigenvalue weighted by molar-refractivity contribution is 6.39. The molecule has 11 heteroatoms. The lowest BCUT2D eigenvalue weighted by molar-refractivity contribution is 0.0116. The zero-order chi connectivity index (χ0) is 29.9. The van der Waals surface area contributed by atoms with E-state index >= 15 is 0 Å². The number of aromatic nitrogens is 2. The van der Waals surface area contributed by atoms with Crippen molar-refractivity contribution in [1.82, 2.24) is 14.7 Å². The Morgan fingerprint density at radius 1 is 0.929 bits per heavy atom. The lowest BCUT2D eigenvalue weighted by Crippen LogP contribution is -2.48. The third-order valence-corrected chi connectivity index (χ3v) is 8.30. The summed E-state index contributed by atoms with van der Waals surface area (Å²) in [5.74, 6) is 0.679. The van der Waals surface area contributed by atoms with E-state index in [2.05, 4.69) is 59.7 Å².